The maximum absolute atomic E-state index is 11.5. The molecule has 0 aliphatic rings. The molecular formula is C4H6N7O3P. The van der Waals surface area contributed by atoms with E-state index in [0.717, 1.165) is 9.69 Å². The third-order valence-electron chi connectivity index (χ3n) is 1.20. The zero-order valence-corrected chi connectivity index (χ0v) is 8.14. The summed E-state index contributed by atoms with van der Waals surface area (Å²) in [6.07, 6.45) is 5.28. The van der Waals surface area contributed by atoms with E-state index in [1.807, 2.05) is 0 Å². The van der Waals surface area contributed by atoms with E-state index < -0.39 is 7.75 Å². The van der Waals surface area contributed by atoms with Crippen molar-refractivity contribution < 1.29 is 13.8 Å². The Kier molecular flexibility index (Phi) is 2.35. The molecule has 0 saturated carbocycles. The molecule has 0 fully saturated rings. The van der Waals surface area contributed by atoms with Gasteiger partial charge in [-0.15, -0.1) is 10.2 Å². The Balaban J connectivity index is 2.04. The number of aromatic nitrogens is 6. The highest BCUT2D eigenvalue weighted by Crippen LogP contribution is 2.29. The third-order valence-corrected chi connectivity index (χ3v) is 1.99. The van der Waals surface area contributed by atoms with Gasteiger partial charge in [0.05, 0.1) is 24.8 Å². The van der Waals surface area contributed by atoms with Gasteiger partial charge in [-0.05, 0) is 10.4 Å². The number of nitrogens with two attached hydrogens (primary N) is 1. The number of nitrogens with zero attached hydrogens (tertiary/aromatic N) is 6. The van der Waals surface area contributed by atoms with Gasteiger partial charge >= 0.3 is 7.75 Å². The predicted molar refractivity (Wildman–Crippen MR) is 45.0 cm³/mol. The van der Waals surface area contributed by atoms with Crippen molar-refractivity contribution in [3.8, 4) is 0 Å². The summed E-state index contributed by atoms with van der Waals surface area (Å²) in [6.45, 7) is 0. The molecule has 0 aliphatic heterocycles. The molecule has 0 aliphatic carbocycles. The maximum atomic E-state index is 11.5. The second kappa shape index (κ2) is 3.67. The second-order valence-corrected chi connectivity index (χ2v) is 3.72. The first-order valence-corrected chi connectivity index (χ1v) is 5.28. The summed E-state index contributed by atoms with van der Waals surface area (Å²) in [7, 11) is -3.85. The smallest absolute Gasteiger partial charge is 0.291 e. The van der Waals surface area contributed by atoms with E-state index in [-0.39, 0.29) is 0 Å². The van der Waals surface area contributed by atoms with Crippen molar-refractivity contribution in [2.45, 2.75) is 0 Å². The van der Waals surface area contributed by atoms with Gasteiger partial charge in [-0.3, -0.25) is 9.25 Å². The van der Waals surface area contributed by atoms with Gasteiger partial charge in [0, 0.05) is 0 Å². The van der Waals surface area contributed by atoms with Crippen molar-refractivity contribution >= 4 is 7.75 Å². The van der Waals surface area contributed by atoms with Crippen LogP contribution in [0.5, 0.6) is 0 Å². The lowest BCUT2D eigenvalue weighted by molar-refractivity contribution is 0.136. The van der Waals surface area contributed by atoms with Crippen LogP contribution in [0.1, 0.15) is 0 Å². The summed E-state index contributed by atoms with van der Waals surface area (Å²) in [5, 5.41) is 13.6. The molecule has 2 aromatic heterocycles. The van der Waals surface area contributed by atoms with Crippen molar-refractivity contribution in [3.05, 3.63) is 24.8 Å². The Bertz CT molecular complexity index is 412. The van der Waals surface area contributed by atoms with Gasteiger partial charge in [-0.25, -0.2) is 10.1 Å². The zero-order chi connectivity index (χ0) is 10.7. The van der Waals surface area contributed by atoms with Gasteiger partial charge in [-0.1, -0.05) is 9.69 Å². The molecule has 0 spiro atoms. The topological polar surface area (TPSA) is 123 Å². The van der Waals surface area contributed by atoms with Crippen LogP contribution in [0.25, 0.3) is 0 Å². The fourth-order valence-corrected chi connectivity index (χ4v) is 1.40. The average molecular weight is 231 g/mol. The van der Waals surface area contributed by atoms with E-state index in [0.29, 0.717) is 0 Å². The lowest BCUT2D eigenvalue weighted by Gasteiger charge is -2.11. The molecule has 15 heavy (non-hydrogen) atoms. The monoisotopic (exact) mass is 231 g/mol. The molecule has 0 bridgehead atoms. The van der Waals surface area contributed by atoms with Crippen LogP contribution < -0.4 is 14.8 Å². The quantitative estimate of drug-likeness (QED) is 0.630. The summed E-state index contributed by atoms with van der Waals surface area (Å²) >= 11 is 0. The van der Waals surface area contributed by atoms with Crippen molar-refractivity contribution in [2.75, 3.05) is 0 Å². The molecule has 0 unspecified atom stereocenters. The Labute approximate surface area is 83.1 Å². The zero-order valence-electron chi connectivity index (χ0n) is 7.24. The lowest BCUT2D eigenvalue weighted by Crippen LogP contribution is -2.23. The minimum absolute atomic E-state index is 0.817. The van der Waals surface area contributed by atoms with Gasteiger partial charge in [-0.2, -0.15) is 0 Å². The molecule has 2 aromatic rings. The van der Waals surface area contributed by atoms with Crippen molar-refractivity contribution in [1.82, 2.24) is 30.3 Å². The Morgan fingerprint density at radius 1 is 1.07 bits per heavy atom. The molecule has 0 amide bonds. The van der Waals surface area contributed by atoms with E-state index in [9.17, 15) is 4.57 Å². The lowest BCUT2D eigenvalue weighted by atomic mass is 11.0. The van der Waals surface area contributed by atoms with Crippen LogP contribution in [0.2, 0.25) is 0 Å². The molecule has 0 radical (unpaired) electrons. The molecule has 10 nitrogen and oxygen atoms in total. The SMILES string of the molecule is NP(=O)(On1ccnn1)On1ccnn1. The normalized spacial score (nSPS) is 11.3. The number of hydrogen-bond acceptors (Lipinski definition) is 7. The van der Waals surface area contributed by atoms with E-state index in [1.54, 1.807) is 0 Å². The highest BCUT2D eigenvalue weighted by molar-refractivity contribution is 7.51. The Hall–Kier alpha value is -1.93. The van der Waals surface area contributed by atoms with Gasteiger partial charge in [0.15, 0.2) is 0 Å². The largest absolute Gasteiger partial charge is 0.550 e. The second-order valence-electron chi connectivity index (χ2n) is 2.31. The number of hydrogen-bond donors (Lipinski definition) is 1. The van der Waals surface area contributed by atoms with Crippen LogP contribution in [0.3, 0.4) is 0 Å². The maximum Gasteiger partial charge on any atom is 0.550 e. The van der Waals surface area contributed by atoms with Gasteiger partial charge in [0.1, 0.15) is 0 Å². The van der Waals surface area contributed by atoms with Gasteiger partial charge < -0.3 is 0 Å². The first-order valence-electron chi connectivity index (χ1n) is 3.67. The fraction of sp³-hybridized carbons (Fsp3) is 0. The van der Waals surface area contributed by atoms with E-state index in [4.69, 9.17) is 5.50 Å². The molecule has 0 saturated heterocycles. The van der Waals surface area contributed by atoms with Crippen LogP contribution >= 0.6 is 7.75 Å². The molecule has 0 atom stereocenters. The summed E-state index contributed by atoms with van der Waals surface area (Å²) in [5.41, 5.74) is 5.23. The van der Waals surface area contributed by atoms with E-state index in [2.05, 4.69) is 29.9 Å². The minimum atomic E-state index is -3.85. The van der Waals surface area contributed by atoms with Crippen molar-refractivity contribution in [3.63, 3.8) is 0 Å². The first-order chi connectivity index (χ1) is 7.16. The predicted octanol–water partition coefficient (Wildman–Crippen LogP) is -1.51. The molecule has 2 rings (SSSR count). The summed E-state index contributed by atoms with van der Waals surface area (Å²) in [4.78, 5) is 1.63. The Morgan fingerprint density at radius 3 is 1.87 bits per heavy atom. The van der Waals surface area contributed by atoms with Crippen LogP contribution in [-0.4, -0.2) is 30.3 Å². The van der Waals surface area contributed by atoms with Gasteiger partial charge in [0.2, 0.25) is 0 Å². The van der Waals surface area contributed by atoms with Crippen molar-refractivity contribution in [1.29, 1.82) is 0 Å². The third kappa shape index (κ3) is 2.51. The molecule has 11 heteroatoms. The van der Waals surface area contributed by atoms with E-state index in [1.165, 1.54) is 24.8 Å². The summed E-state index contributed by atoms with van der Waals surface area (Å²) in [6, 6.07) is 0. The fourth-order valence-electron chi connectivity index (χ4n) is 0.730. The summed E-state index contributed by atoms with van der Waals surface area (Å²) < 4.78 is 20.9. The van der Waals surface area contributed by atoms with E-state index >= 15 is 0 Å². The van der Waals surface area contributed by atoms with Crippen LogP contribution in [0, 0.1) is 0 Å². The minimum Gasteiger partial charge on any atom is -0.291 e. The standard InChI is InChI=1S/C4H6N7O3P/c5-15(12,13-10-3-1-6-8-10)14-11-4-2-7-9-11/h1-4H,(H2,5,12). The summed E-state index contributed by atoms with van der Waals surface area (Å²) in [5.74, 6) is 0. The molecule has 80 valence electrons. The molecule has 0 aromatic carbocycles. The molecule has 2 N–H and O–H groups in total. The van der Waals surface area contributed by atoms with Gasteiger partial charge in [0.25, 0.3) is 0 Å². The van der Waals surface area contributed by atoms with Crippen LogP contribution in [0.15, 0.2) is 24.8 Å². The average Bonchev–Trinajstić information content (AvgIpc) is 2.75. The highest BCUT2D eigenvalue weighted by Gasteiger charge is 2.24. The van der Waals surface area contributed by atoms with Crippen molar-refractivity contribution in [2.24, 2.45) is 5.50 Å². The van der Waals surface area contributed by atoms with Crippen LogP contribution in [0.4, 0.5) is 0 Å². The van der Waals surface area contributed by atoms with Crippen LogP contribution in [-0.2, 0) is 4.57 Å². The first kappa shape index (κ1) is 9.62. The Morgan fingerprint density at radius 2 is 1.53 bits per heavy atom. The molecule has 2 heterocycles. The highest BCUT2D eigenvalue weighted by atomic mass is 31.2. The number of rotatable bonds is 4. The molecular weight excluding hydrogens is 225 g/mol.